The number of aromatic nitrogens is 4. The normalized spacial score (nSPS) is 16.0. The van der Waals surface area contributed by atoms with E-state index in [4.69, 9.17) is 5.73 Å². The number of nitrogens with zero attached hydrogens (tertiary/aromatic N) is 4. The number of hydrogen-bond acceptors (Lipinski definition) is 5. The average molecular weight is 415 g/mol. The number of aromatic amines is 1. The Morgan fingerprint density at radius 2 is 1.78 bits per heavy atom. The summed E-state index contributed by atoms with van der Waals surface area (Å²) in [4.78, 5) is 10.6. The highest BCUT2D eigenvalue weighted by Gasteiger charge is 2.21. The lowest BCUT2D eigenvalue weighted by molar-refractivity contribution is 0.513. The highest BCUT2D eigenvalue weighted by atomic mass is 35.5. The Bertz CT molecular complexity index is 889. The van der Waals surface area contributed by atoms with E-state index in [-0.39, 0.29) is 47.7 Å². The monoisotopic (exact) mass is 414 g/mol. The van der Waals surface area contributed by atoms with E-state index >= 15 is 0 Å². The van der Waals surface area contributed by atoms with Gasteiger partial charge in [0.1, 0.15) is 5.82 Å². The number of benzene rings is 1. The second-order valence-corrected chi connectivity index (χ2v) is 6.03. The van der Waals surface area contributed by atoms with Gasteiger partial charge in [-0.05, 0) is 12.5 Å². The fraction of sp³-hybridized carbons (Fsp3) is 0.235. The van der Waals surface area contributed by atoms with Gasteiger partial charge in [-0.2, -0.15) is 5.10 Å². The van der Waals surface area contributed by atoms with E-state index in [9.17, 15) is 8.78 Å². The maximum absolute atomic E-state index is 14.5. The molecule has 0 spiro atoms. The molecule has 1 aliphatic heterocycles. The third-order valence-corrected chi connectivity index (χ3v) is 4.35. The first-order valence-corrected chi connectivity index (χ1v) is 7.93. The van der Waals surface area contributed by atoms with Crippen LogP contribution in [-0.4, -0.2) is 39.3 Å². The number of H-pyrrole nitrogens is 1. The topological polar surface area (TPSA) is 83.7 Å². The lowest BCUT2D eigenvalue weighted by Crippen LogP contribution is -2.26. The Hall–Kier alpha value is -2.29. The van der Waals surface area contributed by atoms with Crippen molar-refractivity contribution < 1.29 is 8.78 Å². The van der Waals surface area contributed by atoms with Crippen molar-refractivity contribution in [2.24, 2.45) is 5.73 Å². The minimum absolute atomic E-state index is 0. The van der Waals surface area contributed by atoms with Crippen LogP contribution in [0.1, 0.15) is 6.42 Å². The summed E-state index contributed by atoms with van der Waals surface area (Å²) in [6.07, 6.45) is 6.86. The van der Waals surface area contributed by atoms with Gasteiger partial charge in [0.05, 0.1) is 24.3 Å². The zero-order valence-corrected chi connectivity index (χ0v) is 15.7. The quantitative estimate of drug-likeness (QED) is 0.687. The number of anilines is 1. The lowest BCUT2D eigenvalue weighted by atomic mass is 10.0. The molecule has 0 amide bonds. The van der Waals surface area contributed by atoms with Crippen LogP contribution in [0.2, 0.25) is 0 Å². The fourth-order valence-electron chi connectivity index (χ4n) is 2.99. The van der Waals surface area contributed by atoms with E-state index in [1.165, 1.54) is 30.7 Å². The zero-order valence-electron chi connectivity index (χ0n) is 14.1. The molecule has 0 saturated carbocycles. The van der Waals surface area contributed by atoms with Crippen molar-refractivity contribution in [1.82, 2.24) is 20.2 Å². The number of rotatable bonds is 3. The van der Waals surface area contributed by atoms with Crippen molar-refractivity contribution in [2.75, 3.05) is 18.0 Å². The molecule has 0 aliphatic carbocycles. The van der Waals surface area contributed by atoms with Gasteiger partial charge in [0, 0.05) is 42.0 Å². The molecule has 10 heteroatoms. The van der Waals surface area contributed by atoms with Crippen LogP contribution in [0.25, 0.3) is 22.4 Å². The Morgan fingerprint density at radius 3 is 2.37 bits per heavy atom. The SMILES string of the molecule is Cl.Cl.NC1CCN(c2cnc(-c3ccc(-c4cn[nH]c4)c(F)c3F)cn2)C1. The Morgan fingerprint density at radius 1 is 1.04 bits per heavy atom. The van der Waals surface area contributed by atoms with E-state index < -0.39 is 11.6 Å². The molecule has 27 heavy (non-hydrogen) atoms. The summed E-state index contributed by atoms with van der Waals surface area (Å²) in [5, 5.41) is 6.33. The van der Waals surface area contributed by atoms with Crippen LogP contribution in [0, 0.1) is 11.6 Å². The van der Waals surface area contributed by atoms with Crippen molar-refractivity contribution in [3.05, 3.63) is 48.6 Å². The number of nitrogens with two attached hydrogens (primary N) is 1. The molecule has 1 unspecified atom stereocenters. The van der Waals surface area contributed by atoms with Gasteiger partial charge in [0.2, 0.25) is 0 Å². The molecular weight excluding hydrogens is 397 g/mol. The summed E-state index contributed by atoms with van der Waals surface area (Å²) in [6, 6.07) is 3.13. The first kappa shape index (κ1) is 21.0. The third-order valence-electron chi connectivity index (χ3n) is 4.35. The molecule has 1 saturated heterocycles. The summed E-state index contributed by atoms with van der Waals surface area (Å²) < 4.78 is 28.9. The van der Waals surface area contributed by atoms with Crippen molar-refractivity contribution in [3.63, 3.8) is 0 Å². The fourth-order valence-corrected chi connectivity index (χ4v) is 2.99. The Kier molecular flexibility index (Phi) is 6.69. The summed E-state index contributed by atoms with van der Waals surface area (Å²) >= 11 is 0. The minimum atomic E-state index is -0.955. The minimum Gasteiger partial charge on any atom is -0.354 e. The average Bonchev–Trinajstić information content (AvgIpc) is 3.29. The molecule has 6 nitrogen and oxygen atoms in total. The van der Waals surface area contributed by atoms with Crippen molar-refractivity contribution >= 4 is 30.6 Å². The van der Waals surface area contributed by atoms with Gasteiger partial charge in [-0.3, -0.25) is 10.1 Å². The molecule has 0 bridgehead atoms. The second-order valence-electron chi connectivity index (χ2n) is 6.03. The molecule has 3 N–H and O–H groups in total. The predicted molar refractivity (Wildman–Crippen MR) is 104 cm³/mol. The van der Waals surface area contributed by atoms with Gasteiger partial charge in [0.25, 0.3) is 0 Å². The van der Waals surface area contributed by atoms with Gasteiger partial charge in [-0.25, -0.2) is 13.8 Å². The molecule has 1 aliphatic rings. The van der Waals surface area contributed by atoms with Crippen molar-refractivity contribution in [3.8, 4) is 22.4 Å². The van der Waals surface area contributed by atoms with Crippen LogP contribution in [0.4, 0.5) is 14.6 Å². The Balaban J connectivity index is 0.00000131. The Labute approximate surface area is 167 Å². The van der Waals surface area contributed by atoms with Gasteiger partial charge in [0.15, 0.2) is 11.6 Å². The van der Waals surface area contributed by atoms with Crippen LogP contribution in [-0.2, 0) is 0 Å². The standard InChI is InChI=1S/C17H16F2N6.2ClH/c18-16-12(10-5-23-24-6-10)1-2-13(17(16)19)14-7-22-15(8-21-14)25-4-3-11(20)9-25;;/h1-2,5-8,11H,3-4,9,20H2,(H,23,24);2*1H. The van der Waals surface area contributed by atoms with Gasteiger partial charge in [-0.15, -0.1) is 24.8 Å². The van der Waals surface area contributed by atoms with Crippen molar-refractivity contribution in [1.29, 1.82) is 0 Å². The van der Waals surface area contributed by atoms with Crippen LogP contribution >= 0.6 is 24.8 Å². The molecule has 1 atom stereocenters. The maximum atomic E-state index is 14.5. The van der Waals surface area contributed by atoms with Crippen molar-refractivity contribution in [2.45, 2.75) is 12.5 Å². The van der Waals surface area contributed by atoms with Crippen LogP contribution in [0.5, 0.6) is 0 Å². The third kappa shape index (κ3) is 4.02. The summed E-state index contributed by atoms with van der Waals surface area (Å²) in [6.45, 7) is 1.54. The smallest absolute Gasteiger partial charge is 0.168 e. The number of nitrogens with one attached hydrogen (secondary N) is 1. The molecule has 1 aromatic carbocycles. The first-order chi connectivity index (χ1) is 12.1. The molecule has 4 rings (SSSR count). The van der Waals surface area contributed by atoms with Crippen LogP contribution in [0.3, 0.4) is 0 Å². The maximum Gasteiger partial charge on any atom is 0.168 e. The van der Waals surface area contributed by atoms with Crippen LogP contribution in [0.15, 0.2) is 36.9 Å². The van der Waals surface area contributed by atoms with E-state index in [0.717, 1.165) is 19.5 Å². The largest absolute Gasteiger partial charge is 0.354 e. The number of halogens is 4. The van der Waals surface area contributed by atoms with Crippen LogP contribution < -0.4 is 10.6 Å². The highest BCUT2D eigenvalue weighted by molar-refractivity contribution is 5.85. The molecular formula is C17H18Cl2F2N6. The molecule has 3 heterocycles. The number of hydrogen-bond donors (Lipinski definition) is 2. The van der Waals surface area contributed by atoms with Gasteiger partial charge < -0.3 is 10.6 Å². The molecule has 144 valence electrons. The summed E-state index contributed by atoms with van der Waals surface area (Å²) in [5.74, 6) is -1.20. The van der Waals surface area contributed by atoms with E-state index in [0.29, 0.717) is 11.4 Å². The zero-order chi connectivity index (χ0) is 17.4. The first-order valence-electron chi connectivity index (χ1n) is 7.93. The van der Waals surface area contributed by atoms with Gasteiger partial charge >= 0.3 is 0 Å². The molecule has 3 aromatic rings. The van der Waals surface area contributed by atoms with E-state index in [1.807, 2.05) is 4.90 Å². The van der Waals surface area contributed by atoms with Gasteiger partial charge in [-0.1, -0.05) is 6.07 Å². The van der Waals surface area contributed by atoms with E-state index in [1.54, 1.807) is 6.20 Å². The predicted octanol–water partition coefficient (Wildman–Crippen LogP) is 3.19. The molecule has 1 fully saturated rings. The summed E-state index contributed by atoms with van der Waals surface area (Å²) in [7, 11) is 0. The molecule has 0 radical (unpaired) electrons. The van der Waals surface area contributed by atoms with E-state index in [2.05, 4.69) is 20.2 Å². The summed E-state index contributed by atoms with van der Waals surface area (Å²) in [5.41, 5.74) is 6.86. The lowest BCUT2D eigenvalue weighted by Gasteiger charge is -2.16. The second kappa shape index (κ2) is 8.60. The molecule has 2 aromatic heterocycles. The highest BCUT2D eigenvalue weighted by Crippen LogP contribution is 2.30.